The second-order valence-corrected chi connectivity index (χ2v) is 6.44. The van der Waals surface area contributed by atoms with E-state index >= 15 is 0 Å². The Bertz CT molecular complexity index is 1040. The molecule has 26 heavy (non-hydrogen) atoms. The van der Waals surface area contributed by atoms with Crippen LogP contribution in [0.15, 0.2) is 58.4 Å². The summed E-state index contributed by atoms with van der Waals surface area (Å²) in [5.41, 5.74) is 2.67. The van der Waals surface area contributed by atoms with E-state index in [-0.39, 0.29) is 5.56 Å². The maximum atomic E-state index is 12.4. The van der Waals surface area contributed by atoms with E-state index in [2.05, 4.69) is 20.2 Å². The topological polar surface area (TPSA) is 83.0 Å². The summed E-state index contributed by atoms with van der Waals surface area (Å²) in [6, 6.07) is 11.5. The zero-order chi connectivity index (χ0) is 18.1. The molecule has 0 aliphatic carbocycles. The summed E-state index contributed by atoms with van der Waals surface area (Å²) in [5.74, 6) is 0.560. The van der Waals surface area contributed by atoms with Crippen molar-refractivity contribution in [1.82, 2.24) is 19.4 Å². The molecule has 0 fully saturated rings. The highest BCUT2D eigenvalue weighted by Crippen LogP contribution is 2.22. The van der Waals surface area contributed by atoms with Crippen LogP contribution < -0.4 is 16.6 Å². The molecule has 7 nitrogen and oxygen atoms in total. The highest BCUT2D eigenvalue weighted by atomic mass is 16.2. The monoisotopic (exact) mass is 349 g/mol. The molecule has 0 saturated carbocycles. The van der Waals surface area contributed by atoms with Crippen LogP contribution in [0.2, 0.25) is 0 Å². The number of benzene rings is 1. The second-order valence-electron chi connectivity index (χ2n) is 6.44. The van der Waals surface area contributed by atoms with E-state index in [0.717, 1.165) is 16.8 Å². The first-order valence-corrected chi connectivity index (χ1v) is 8.42. The van der Waals surface area contributed by atoms with Crippen molar-refractivity contribution in [3.63, 3.8) is 0 Å². The zero-order valence-corrected chi connectivity index (χ0v) is 14.4. The standard InChI is InChI=1S/C19H19N5O2/c1-13-4-6-15(7-5-13)24-17-16(18(25)22-19(24)26)11-23(12-21-17)10-14-3-2-8-20-9-14/h2-9,21H,10-12H2,1H3,(H,22,25,26). The number of aromatic nitrogens is 3. The maximum Gasteiger partial charge on any atom is 0.334 e. The number of nitrogens with zero attached hydrogens (tertiary/aromatic N) is 3. The highest BCUT2D eigenvalue weighted by molar-refractivity contribution is 5.52. The number of hydrogen-bond acceptors (Lipinski definition) is 5. The Labute approximate surface area is 150 Å². The van der Waals surface area contributed by atoms with E-state index in [9.17, 15) is 9.59 Å². The fourth-order valence-electron chi connectivity index (χ4n) is 3.17. The van der Waals surface area contributed by atoms with Crippen molar-refractivity contribution < 1.29 is 0 Å². The van der Waals surface area contributed by atoms with Gasteiger partial charge < -0.3 is 5.32 Å². The van der Waals surface area contributed by atoms with Crippen LogP contribution in [-0.2, 0) is 13.1 Å². The number of rotatable bonds is 3. The molecule has 2 aromatic heterocycles. The van der Waals surface area contributed by atoms with Crippen molar-refractivity contribution in [2.75, 3.05) is 12.0 Å². The van der Waals surface area contributed by atoms with E-state index < -0.39 is 5.69 Å². The van der Waals surface area contributed by atoms with Gasteiger partial charge >= 0.3 is 5.69 Å². The van der Waals surface area contributed by atoms with Crippen molar-refractivity contribution in [2.24, 2.45) is 0 Å². The van der Waals surface area contributed by atoms with Gasteiger partial charge in [0.25, 0.3) is 5.56 Å². The fourth-order valence-corrected chi connectivity index (χ4v) is 3.17. The Hall–Kier alpha value is -3.19. The molecule has 0 amide bonds. The van der Waals surface area contributed by atoms with Gasteiger partial charge in [0.15, 0.2) is 0 Å². The van der Waals surface area contributed by atoms with Gasteiger partial charge in [0.05, 0.1) is 17.9 Å². The number of fused-ring (bicyclic) bond motifs is 1. The van der Waals surface area contributed by atoms with Gasteiger partial charge in [-0.3, -0.25) is 19.7 Å². The molecule has 0 spiro atoms. The third-order valence-corrected chi connectivity index (χ3v) is 4.48. The molecule has 4 rings (SSSR count). The lowest BCUT2D eigenvalue weighted by atomic mass is 10.2. The molecular formula is C19H19N5O2. The van der Waals surface area contributed by atoms with Gasteiger partial charge in [0.2, 0.25) is 0 Å². The van der Waals surface area contributed by atoms with Crippen molar-refractivity contribution in [3.8, 4) is 5.69 Å². The minimum atomic E-state index is -0.439. The van der Waals surface area contributed by atoms with Crippen LogP contribution >= 0.6 is 0 Å². The molecule has 2 N–H and O–H groups in total. The minimum Gasteiger partial charge on any atom is -0.358 e. The Morgan fingerprint density at radius 3 is 2.69 bits per heavy atom. The summed E-state index contributed by atoms with van der Waals surface area (Å²) in [6.07, 6.45) is 3.55. The van der Waals surface area contributed by atoms with Gasteiger partial charge in [-0.25, -0.2) is 9.36 Å². The highest BCUT2D eigenvalue weighted by Gasteiger charge is 2.23. The quantitative estimate of drug-likeness (QED) is 0.751. The molecule has 0 unspecified atom stereocenters. The molecule has 0 atom stereocenters. The van der Waals surface area contributed by atoms with Crippen LogP contribution in [0.3, 0.4) is 0 Å². The number of nitrogens with one attached hydrogen (secondary N) is 2. The molecule has 3 heterocycles. The summed E-state index contributed by atoms with van der Waals surface area (Å²) >= 11 is 0. The number of pyridine rings is 1. The summed E-state index contributed by atoms with van der Waals surface area (Å²) < 4.78 is 1.53. The van der Waals surface area contributed by atoms with Crippen LogP contribution in [0.4, 0.5) is 5.82 Å². The Kier molecular flexibility index (Phi) is 4.14. The van der Waals surface area contributed by atoms with Gasteiger partial charge in [0.1, 0.15) is 5.82 Å². The number of aromatic amines is 1. The number of anilines is 1. The Morgan fingerprint density at radius 1 is 1.15 bits per heavy atom. The number of H-pyrrole nitrogens is 1. The number of hydrogen-bond donors (Lipinski definition) is 2. The van der Waals surface area contributed by atoms with Crippen LogP contribution in [0.1, 0.15) is 16.7 Å². The smallest absolute Gasteiger partial charge is 0.334 e. The first-order valence-electron chi connectivity index (χ1n) is 8.42. The molecule has 7 heteroatoms. The van der Waals surface area contributed by atoms with E-state index in [1.54, 1.807) is 6.20 Å². The normalized spacial score (nSPS) is 13.9. The lowest BCUT2D eigenvalue weighted by Crippen LogP contribution is -2.42. The third-order valence-electron chi connectivity index (χ3n) is 4.48. The van der Waals surface area contributed by atoms with Gasteiger partial charge in [-0.05, 0) is 30.7 Å². The maximum absolute atomic E-state index is 12.4. The van der Waals surface area contributed by atoms with Crippen molar-refractivity contribution in [3.05, 3.63) is 86.3 Å². The molecule has 132 valence electrons. The van der Waals surface area contributed by atoms with E-state index in [0.29, 0.717) is 31.1 Å². The molecule has 0 bridgehead atoms. The van der Waals surface area contributed by atoms with Crippen LogP contribution in [0.5, 0.6) is 0 Å². The third kappa shape index (κ3) is 3.04. The average Bonchev–Trinajstić information content (AvgIpc) is 2.64. The zero-order valence-electron chi connectivity index (χ0n) is 14.4. The van der Waals surface area contributed by atoms with Crippen molar-refractivity contribution >= 4 is 5.82 Å². The largest absolute Gasteiger partial charge is 0.358 e. The minimum absolute atomic E-state index is 0.350. The van der Waals surface area contributed by atoms with Crippen molar-refractivity contribution in [1.29, 1.82) is 0 Å². The van der Waals surface area contributed by atoms with Gasteiger partial charge in [-0.15, -0.1) is 0 Å². The summed E-state index contributed by atoms with van der Waals surface area (Å²) in [6.45, 7) is 3.65. The molecule has 1 aliphatic rings. The van der Waals surface area contributed by atoms with Crippen LogP contribution in [-0.4, -0.2) is 26.1 Å². The second kappa shape index (κ2) is 6.61. The molecular weight excluding hydrogens is 330 g/mol. The molecule has 3 aromatic rings. The Balaban J connectivity index is 1.71. The fraction of sp³-hybridized carbons (Fsp3) is 0.211. The van der Waals surface area contributed by atoms with Gasteiger partial charge in [0, 0.05) is 25.5 Å². The van der Waals surface area contributed by atoms with Gasteiger partial charge in [-0.1, -0.05) is 23.8 Å². The lowest BCUT2D eigenvalue weighted by Gasteiger charge is -2.30. The SMILES string of the molecule is Cc1ccc(-n2c3c(c(=O)[nH]c2=O)CN(Cc2cccnc2)CN3)cc1. The summed E-state index contributed by atoms with van der Waals surface area (Å²) in [5, 5.41) is 3.24. The first kappa shape index (κ1) is 16.3. The molecule has 0 saturated heterocycles. The number of aryl methyl sites for hydroxylation is 1. The van der Waals surface area contributed by atoms with Crippen LogP contribution in [0, 0.1) is 6.92 Å². The molecule has 1 aromatic carbocycles. The van der Waals surface area contributed by atoms with Gasteiger partial charge in [-0.2, -0.15) is 0 Å². The van der Waals surface area contributed by atoms with Crippen LogP contribution in [0.25, 0.3) is 5.69 Å². The molecule has 0 radical (unpaired) electrons. The first-order chi connectivity index (χ1) is 12.6. The average molecular weight is 349 g/mol. The lowest BCUT2D eigenvalue weighted by molar-refractivity contribution is 0.263. The van der Waals surface area contributed by atoms with E-state index in [1.165, 1.54) is 4.57 Å². The van der Waals surface area contributed by atoms with Crippen molar-refractivity contribution in [2.45, 2.75) is 20.0 Å². The van der Waals surface area contributed by atoms with E-state index in [4.69, 9.17) is 0 Å². The summed E-state index contributed by atoms with van der Waals surface area (Å²) in [7, 11) is 0. The predicted molar refractivity (Wildman–Crippen MR) is 99.4 cm³/mol. The predicted octanol–water partition coefficient (Wildman–Crippen LogP) is 1.61. The molecule has 1 aliphatic heterocycles. The Morgan fingerprint density at radius 2 is 1.96 bits per heavy atom. The van der Waals surface area contributed by atoms with E-state index in [1.807, 2.05) is 49.5 Å². The summed E-state index contributed by atoms with van der Waals surface area (Å²) in [4.78, 5) is 33.4.